The maximum atomic E-state index is 11.7. The average molecular weight is 387 g/mol. The third-order valence-corrected chi connectivity index (χ3v) is 4.21. The van der Waals surface area contributed by atoms with E-state index >= 15 is 0 Å². The van der Waals surface area contributed by atoms with Gasteiger partial charge in [-0.2, -0.15) is 0 Å². The molecule has 0 spiro atoms. The lowest BCUT2D eigenvalue weighted by Gasteiger charge is -2.27. The molecule has 1 heterocycles. The number of nitro groups is 1. The van der Waals surface area contributed by atoms with Gasteiger partial charge in [0, 0.05) is 17.8 Å². The molecule has 7 nitrogen and oxygen atoms in total. The van der Waals surface area contributed by atoms with E-state index in [1.54, 1.807) is 12.1 Å². The first kappa shape index (κ1) is 17.5. The Hall–Kier alpha value is -1.83. The van der Waals surface area contributed by atoms with Crippen LogP contribution in [0.1, 0.15) is 38.3 Å². The number of piperidine rings is 1. The number of benzene rings is 1. The molecule has 0 bridgehead atoms. The lowest BCUT2D eigenvalue weighted by atomic mass is 9.92. The topological polar surface area (TPSA) is 90.7 Å². The molecule has 126 valence electrons. The number of hydrogen-bond acceptors (Lipinski definition) is 5. The van der Waals surface area contributed by atoms with Crippen molar-refractivity contribution < 1.29 is 19.2 Å². The van der Waals surface area contributed by atoms with E-state index < -0.39 is 12.1 Å². The van der Waals surface area contributed by atoms with Gasteiger partial charge in [0.15, 0.2) is 11.5 Å². The van der Waals surface area contributed by atoms with Crippen LogP contribution in [0.15, 0.2) is 16.6 Å². The molecule has 1 saturated heterocycles. The first-order chi connectivity index (χ1) is 11.0. The van der Waals surface area contributed by atoms with Crippen molar-refractivity contribution in [2.24, 2.45) is 0 Å². The van der Waals surface area contributed by atoms with Gasteiger partial charge in [0.1, 0.15) is 6.04 Å². The summed E-state index contributed by atoms with van der Waals surface area (Å²) in [5.41, 5.74) is 0.624. The molecule has 23 heavy (non-hydrogen) atoms. The van der Waals surface area contributed by atoms with Crippen LogP contribution in [0.2, 0.25) is 0 Å². The molecule has 1 aromatic rings. The van der Waals surface area contributed by atoms with Crippen LogP contribution in [-0.2, 0) is 4.79 Å². The molecule has 1 aliphatic rings. The molecule has 2 atom stereocenters. The number of ether oxygens (including phenoxy) is 2. The zero-order valence-corrected chi connectivity index (χ0v) is 14.6. The Kier molecular flexibility index (Phi) is 5.81. The predicted molar refractivity (Wildman–Crippen MR) is 87.4 cm³/mol. The molecule has 0 aromatic heterocycles. The summed E-state index contributed by atoms with van der Waals surface area (Å²) in [4.78, 5) is 22.6. The second-order valence-corrected chi connectivity index (χ2v) is 5.99. The number of nitrogens with one attached hydrogen (secondary N) is 1. The summed E-state index contributed by atoms with van der Waals surface area (Å²) in [6, 6.07) is 1.90. The highest BCUT2D eigenvalue weighted by Gasteiger charge is 2.38. The summed E-state index contributed by atoms with van der Waals surface area (Å²) in [5.74, 6) is 0.870. The van der Waals surface area contributed by atoms with Crippen LogP contribution in [0.3, 0.4) is 0 Å². The molecule has 2 rings (SSSR count). The van der Waals surface area contributed by atoms with E-state index in [0.717, 1.165) is 0 Å². The van der Waals surface area contributed by atoms with Crippen molar-refractivity contribution >= 4 is 21.8 Å². The van der Waals surface area contributed by atoms with Crippen LogP contribution in [-0.4, -0.2) is 30.1 Å². The monoisotopic (exact) mass is 386 g/mol. The van der Waals surface area contributed by atoms with Gasteiger partial charge >= 0.3 is 0 Å². The van der Waals surface area contributed by atoms with Crippen LogP contribution in [0.25, 0.3) is 0 Å². The molecular weight excluding hydrogens is 368 g/mol. The van der Waals surface area contributed by atoms with Crippen molar-refractivity contribution in [3.8, 4) is 11.5 Å². The van der Waals surface area contributed by atoms with Gasteiger partial charge in [0.2, 0.25) is 11.9 Å². The van der Waals surface area contributed by atoms with Gasteiger partial charge in [-0.3, -0.25) is 14.9 Å². The van der Waals surface area contributed by atoms with Crippen molar-refractivity contribution in [3.63, 3.8) is 0 Å². The first-order valence-electron chi connectivity index (χ1n) is 7.49. The molecule has 0 unspecified atom stereocenters. The predicted octanol–water partition coefficient (Wildman–Crippen LogP) is 2.84. The fraction of sp³-hybridized carbons (Fsp3) is 0.533. The number of rotatable bonds is 6. The summed E-state index contributed by atoms with van der Waals surface area (Å²) >= 11 is 3.42. The number of amides is 1. The highest BCUT2D eigenvalue weighted by Crippen LogP contribution is 2.40. The Morgan fingerprint density at radius 2 is 2.04 bits per heavy atom. The van der Waals surface area contributed by atoms with Gasteiger partial charge in [0.05, 0.1) is 17.7 Å². The van der Waals surface area contributed by atoms with Crippen molar-refractivity contribution in [3.05, 3.63) is 32.3 Å². The Morgan fingerprint density at radius 1 is 1.35 bits per heavy atom. The molecule has 1 aliphatic heterocycles. The van der Waals surface area contributed by atoms with Gasteiger partial charge < -0.3 is 14.8 Å². The molecule has 0 aliphatic carbocycles. The third-order valence-electron chi connectivity index (χ3n) is 3.62. The number of carbonyl (C=O) groups is 1. The lowest BCUT2D eigenvalue weighted by molar-refractivity contribution is -0.529. The normalized spacial score (nSPS) is 20.7. The highest BCUT2D eigenvalue weighted by molar-refractivity contribution is 9.10. The van der Waals surface area contributed by atoms with E-state index in [2.05, 4.69) is 21.2 Å². The van der Waals surface area contributed by atoms with Gasteiger partial charge in [0.25, 0.3) is 0 Å². The quantitative estimate of drug-likeness (QED) is 0.599. The SMILES string of the molecule is CCOc1cc([C@@H]2NC(=O)CC[C@@H]2[N+](=O)[O-])cc(Br)c1OCC. The zero-order chi connectivity index (χ0) is 17.0. The molecular formula is C15H19BrN2O5. The molecule has 0 saturated carbocycles. The summed E-state index contributed by atoms with van der Waals surface area (Å²) in [6.07, 6.45) is 0.386. The Bertz CT molecular complexity index is 608. The van der Waals surface area contributed by atoms with Crippen LogP contribution in [0.5, 0.6) is 11.5 Å². The number of nitrogens with zero attached hydrogens (tertiary/aromatic N) is 1. The summed E-state index contributed by atoms with van der Waals surface area (Å²) in [7, 11) is 0. The van der Waals surface area contributed by atoms with Crippen LogP contribution in [0.4, 0.5) is 0 Å². The summed E-state index contributed by atoms with van der Waals surface area (Å²) in [6.45, 7) is 4.61. The van der Waals surface area contributed by atoms with Gasteiger partial charge in [-0.25, -0.2) is 0 Å². The van der Waals surface area contributed by atoms with E-state index in [-0.39, 0.29) is 23.7 Å². The maximum Gasteiger partial charge on any atom is 0.237 e. The van der Waals surface area contributed by atoms with Gasteiger partial charge in [-0.1, -0.05) is 0 Å². The van der Waals surface area contributed by atoms with Crippen LogP contribution >= 0.6 is 15.9 Å². The first-order valence-corrected chi connectivity index (χ1v) is 8.29. The second kappa shape index (κ2) is 7.63. The minimum atomic E-state index is -0.855. The summed E-state index contributed by atoms with van der Waals surface area (Å²) in [5, 5.41) is 14.0. The summed E-state index contributed by atoms with van der Waals surface area (Å²) < 4.78 is 11.8. The van der Waals surface area contributed by atoms with Crippen molar-refractivity contribution in [1.82, 2.24) is 5.32 Å². The fourth-order valence-electron chi connectivity index (χ4n) is 2.63. The zero-order valence-electron chi connectivity index (χ0n) is 13.0. The largest absolute Gasteiger partial charge is 0.490 e. The van der Waals surface area contributed by atoms with Gasteiger partial charge in [-0.15, -0.1) is 0 Å². The van der Waals surface area contributed by atoms with E-state index in [9.17, 15) is 14.9 Å². The van der Waals surface area contributed by atoms with Crippen molar-refractivity contribution in [2.75, 3.05) is 13.2 Å². The number of halogens is 1. The Morgan fingerprint density at radius 3 is 2.65 bits per heavy atom. The minimum absolute atomic E-state index is 0.165. The smallest absolute Gasteiger partial charge is 0.237 e. The highest BCUT2D eigenvalue weighted by atomic mass is 79.9. The third kappa shape index (κ3) is 3.93. The second-order valence-electron chi connectivity index (χ2n) is 5.13. The van der Waals surface area contributed by atoms with Gasteiger partial charge in [-0.05, 0) is 47.5 Å². The van der Waals surface area contributed by atoms with E-state index in [0.29, 0.717) is 34.7 Å². The number of hydrogen-bond donors (Lipinski definition) is 1. The van der Waals surface area contributed by atoms with Crippen molar-refractivity contribution in [2.45, 2.75) is 38.8 Å². The van der Waals surface area contributed by atoms with E-state index in [4.69, 9.17) is 9.47 Å². The van der Waals surface area contributed by atoms with Crippen LogP contribution < -0.4 is 14.8 Å². The van der Waals surface area contributed by atoms with E-state index in [1.165, 1.54) is 0 Å². The average Bonchev–Trinajstić information content (AvgIpc) is 2.50. The Labute approximate surface area is 142 Å². The maximum absolute atomic E-state index is 11.7. The molecule has 1 amide bonds. The molecule has 1 aromatic carbocycles. The molecule has 1 N–H and O–H groups in total. The fourth-order valence-corrected chi connectivity index (χ4v) is 3.21. The minimum Gasteiger partial charge on any atom is -0.490 e. The lowest BCUT2D eigenvalue weighted by Crippen LogP contribution is -2.45. The molecule has 8 heteroatoms. The Balaban J connectivity index is 2.44. The standard InChI is InChI=1S/C15H19BrN2O5/c1-3-22-12-8-9(7-10(16)15(12)23-4-2)14-11(18(20)21)5-6-13(19)17-14/h7-8,11,14H,3-6H2,1-2H3,(H,17,19)/t11-,14-/m0/s1. The van der Waals surface area contributed by atoms with E-state index in [1.807, 2.05) is 13.8 Å². The molecule has 0 radical (unpaired) electrons. The number of carbonyl (C=O) groups excluding carboxylic acids is 1. The molecule has 1 fully saturated rings. The van der Waals surface area contributed by atoms with Crippen LogP contribution in [0, 0.1) is 10.1 Å². The van der Waals surface area contributed by atoms with Crippen molar-refractivity contribution in [1.29, 1.82) is 0 Å².